The van der Waals surface area contributed by atoms with Gasteiger partial charge in [-0.1, -0.05) is 6.07 Å². The Morgan fingerprint density at radius 2 is 1.71 bits per heavy atom. The van der Waals surface area contributed by atoms with Gasteiger partial charge in [-0.2, -0.15) is 4.31 Å². The standard InChI is InChI=1S/C14H15N5O4S/c20-19(21)12-3-1-4-13(11-12)24(22,23)18-9-7-17(8-10-18)14-15-5-2-6-16-14/h1-6,11H,7-10H2. The maximum Gasteiger partial charge on any atom is 0.270 e. The van der Waals surface area contributed by atoms with Crippen LogP contribution in [0.5, 0.6) is 0 Å². The van der Waals surface area contributed by atoms with E-state index in [0.29, 0.717) is 19.0 Å². The number of nitro groups is 1. The number of hydrogen-bond acceptors (Lipinski definition) is 7. The topological polar surface area (TPSA) is 110 Å². The van der Waals surface area contributed by atoms with Crippen LogP contribution in [0.3, 0.4) is 0 Å². The molecule has 1 aliphatic heterocycles. The predicted molar refractivity (Wildman–Crippen MR) is 86.1 cm³/mol. The van der Waals surface area contributed by atoms with Crippen LogP contribution in [-0.4, -0.2) is 53.8 Å². The molecule has 2 aromatic rings. The molecule has 3 rings (SSSR count). The summed E-state index contributed by atoms with van der Waals surface area (Å²) in [5.41, 5.74) is -0.243. The van der Waals surface area contributed by atoms with Crippen molar-refractivity contribution in [3.8, 4) is 0 Å². The van der Waals surface area contributed by atoms with Gasteiger partial charge in [-0.05, 0) is 12.1 Å². The number of non-ortho nitro benzene ring substituents is 1. The molecule has 1 aromatic carbocycles. The molecule has 1 aliphatic rings. The quantitative estimate of drug-likeness (QED) is 0.595. The van der Waals surface area contributed by atoms with Crippen molar-refractivity contribution < 1.29 is 13.3 Å². The molecule has 2 heterocycles. The van der Waals surface area contributed by atoms with Crippen molar-refractivity contribution in [3.05, 3.63) is 52.8 Å². The molecule has 0 unspecified atom stereocenters. The maximum atomic E-state index is 12.7. The van der Waals surface area contributed by atoms with Crippen LogP contribution in [0.2, 0.25) is 0 Å². The summed E-state index contributed by atoms with van der Waals surface area (Å²) < 4.78 is 26.6. The molecule has 0 bridgehead atoms. The highest BCUT2D eigenvalue weighted by Gasteiger charge is 2.30. The first kappa shape index (κ1) is 16.3. The third-order valence-electron chi connectivity index (χ3n) is 3.74. The van der Waals surface area contributed by atoms with Crippen LogP contribution in [-0.2, 0) is 10.0 Å². The summed E-state index contributed by atoms with van der Waals surface area (Å²) in [6.07, 6.45) is 3.27. The van der Waals surface area contributed by atoms with Gasteiger partial charge >= 0.3 is 0 Å². The summed E-state index contributed by atoms with van der Waals surface area (Å²) in [7, 11) is -3.76. The molecule has 0 N–H and O–H groups in total. The van der Waals surface area contributed by atoms with Crippen LogP contribution in [0, 0.1) is 10.1 Å². The van der Waals surface area contributed by atoms with Gasteiger partial charge in [0.25, 0.3) is 5.69 Å². The van der Waals surface area contributed by atoms with Crippen LogP contribution in [0.4, 0.5) is 11.6 Å². The lowest BCUT2D eigenvalue weighted by Gasteiger charge is -2.33. The number of piperazine rings is 1. The Morgan fingerprint density at radius 1 is 1.04 bits per heavy atom. The summed E-state index contributed by atoms with van der Waals surface area (Å²) in [6.45, 7) is 1.45. The summed E-state index contributed by atoms with van der Waals surface area (Å²) in [5.74, 6) is 0.560. The zero-order chi connectivity index (χ0) is 17.2. The van der Waals surface area contributed by atoms with Crippen molar-refractivity contribution in [2.45, 2.75) is 4.90 Å². The lowest BCUT2D eigenvalue weighted by Crippen LogP contribution is -2.49. The van der Waals surface area contributed by atoms with E-state index in [4.69, 9.17) is 0 Å². The van der Waals surface area contributed by atoms with Crippen LogP contribution in [0.15, 0.2) is 47.6 Å². The van der Waals surface area contributed by atoms with Gasteiger partial charge in [-0.3, -0.25) is 10.1 Å². The first-order chi connectivity index (χ1) is 11.5. The molecule has 0 spiro atoms. The third-order valence-corrected chi connectivity index (χ3v) is 5.63. The number of benzene rings is 1. The number of hydrogen-bond donors (Lipinski definition) is 0. The smallest absolute Gasteiger partial charge is 0.270 e. The molecule has 0 atom stereocenters. The molecule has 126 valence electrons. The fraction of sp³-hybridized carbons (Fsp3) is 0.286. The van der Waals surface area contributed by atoms with E-state index in [9.17, 15) is 18.5 Å². The van der Waals surface area contributed by atoms with E-state index < -0.39 is 14.9 Å². The Kier molecular flexibility index (Phi) is 4.40. The molecule has 0 amide bonds. The van der Waals surface area contributed by atoms with Crippen molar-refractivity contribution in [1.29, 1.82) is 0 Å². The normalized spacial score (nSPS) is 16.1. The fourth-order valence-electron chi connectivity index (χ4n) is 2.49. The number of sulfonamides is 1. The van der Waals surface area contributed by atoms with Crippen molar-refractivity contribution in [1.82, 2.24) is 14.3 Å². The molecule has 1 saturated heterocycles. The van der Waals surface area contributed by atoms with Gasteiger partial charge < -0.3 is 4.90 Å². The minimum absolute atomic E-state index is 0.0684. The van der Waals surface area contributed by atoms with Crippen molar-refractivity contribution in [2.75, 3.05) is 31.1 Å². The SMILES string of the molecule is O=[N+]([O-])c1cccc(S(=O)(=O)N2CCN(c3ncccn3)CC2)c1. The van der Waals surface area contributed by atoms with Gasteiger partial charge in [-0.15, -0.1) is 0 Å². The van der Waals surface area contributed by atoms with Crippen LogP contribution in [0.25, 0.3) is 0 Å². The molecule has 24 heavy (non-hydrogen) atoms. The molecule has 1 fully saturated rings. The van der Waals surface area contributed by atoms with Crippen LogP contribution >= 0.6 is 0 Å². The minimum Gasteiger partial charge on any atom is -0.338 e. The Morgan fingerprint density at radius 3 is 2.33 bits per heavy atom. The Hall–Kier alpha value is -2.59. The predicted octanol–water partition coefficient (Wildman–Crippen LogP) is 0.896. The van der Waals surface area contributed by atoms with E-state index in [1.165, 1.54) is 22.5 Å². The Labute approximate surface area is 138 Å². The van der Waals surface area contributed by atoms with E-state index in [0.717, 1.165) is 6.07 Å². The molecular formula is C14H15N5O4S. The highest BCUT2D eigenvalue weighted by Crippen LogP contribution is 2.22. The number of nitrogens with zero attached hydrogens (tertiary/aromatic N) is 5. The second-order valence-electron chi connectivity index (χ2n) is 5.19. The van der Waals surface area contributed by atoms with Crippen molar-refractivity contribution >= 4 is 21.7 Å². The van der Waals surface area contributed by atoms with E-state index in [-0.39, 0.29) is 23.7 Å². The molecule has 10 heteroatoms. The van der Waals surface area contributed by atoms with Gasteiger partial charge in [0.15, 0.2) is 0 Å². The van der Waals surface area contributed by atoms with Crippen molar-refractivity contribution in [3.63, 3.8) is 0 Å². The van der Waals surface area contributed by atoms with Crippen LogP contribution < -0.4 is 4.90 Å². The minimum atomic E-state index is -3.76. The summed E-state index contributed by atoms with van der Waals surface area (Å²) in [5, 5.41) is 10.8. The lowest BCUT2D eigenvalue weighted by atomic mass is 10.3. The Bertz CT molecular complexity index is 835. The van der Waals surface area contributed by atoms with E-state index in [1.807, 2.05) is 4.90 Å². The number of rotatable bonds is 4. The zero-order valence-corrected chi connectivity index (χ0v) is 13.5. The largest absolute Gasteiger partial charge is 0.338 e. The second-order valence-corrected chi connectivity index (χ2v) is 7.13. The number of nitro benzene ring substituents is 1. The fourth-order valence-corrected chi connectivity index (χ4v) is 3.95. The summed E-state index contributed by atoms with van der Waals surface area (Å²) in [4.78, 5) is 20.4. The van der Waals surface area contributed by atoms with E-state index >= 15 is 0 Å². The highest BCUT2D eigenvalue weighted by molar-refractivity contribution is 7.89. The summed E-state index contributed by atoms with van der Waals surface area (Å²) >= 11 is 0. The molecule has 0 saturated carbocycles. The van der Waals surface area contributed by atoms with Crippen molar-refractivity contribution in [2.24, 2.45) is 0 Å². The van der Waals surface area contributed by atoms with Crippen LogP contribution in [0.1, 0.15) is 0 Å². The van der Waals surface area contributed by atoms with E-state index in [2.05, 4.69) is 9.97 Å². The third kappa shape index (κ3) is 3.19. The van der Waals surface area contributed by atoms with Gasteiger partial charge in [0.05, 0.1) is 9.82 Å². The first-order valence-corrected chi connectivity index (χ1v) is 8.69. The molecule has 1 aromatic heterocycles. The van der Waals surface area contributed by atoms with Gasteiger partial charge in [-0.25, -0.2) is 18.4 Å². The average Bonchev–Trinajstić information content (AvgIpc) is 2.62. The maximum absolute atomic E-state index is 12.7. The Balaban J connectivity index is 1.75. The monoisotopic (exact) mass is 349 g/mol. The summed E-state index contributed by atoms with van der Waals surface area (Å²) in [6, 6.07) is 6.81. The number of aromatic nitrogens is 2. The lowest BCUT2D eigenvalue weighted by molar-refractivity contribution is -0.385. The molecular weight excluding hydrogens is 334 g/mol. The number of anilines is 1. The van der Waals surface area contributed by atoms with Gasteiger partial charge in [0.1, 0.15) is 0 Å². The average molecular weight is 349 g/mol. The first-order valence-electron chi connectivity index (χ1n) is 7.25. The molecule has 0 radical (unpaired) electrons. The van der Waals surface area contributed by atoms with Gasteiger partial charge in [0.2, 0.25) is 16.0 Å². The molecule has 0 aliphatic carbocycles. The molecule has 9 nitrogen and oxygen atoms in total. The zero-order valence-electron chi connectivity index (χ0n) is 12.6. The second kappa shape index (κ2) is 6.49. The van der Waals surface area contributed by atoms with Gasteiger partial charge in [0, 0.05) is 50.7 Å². The van der Waals surface area contributed by atoms with E-state index in [1.54, 1.807) is 18.5 Å². The highest BCUT2D eigenvalue weighted by atomic mass is 32.2.